The lowest BCUT2D eigenvalue weighted by Crippen LogP contribution is -2.56. The average molecular weight is 397 g/mol. The van der Waals surface area contributed by atoms with E-state index < -0.39 is 5.54 Å². The summed E-state index contributed by atoms with van der Waals surface area (Å²) in [6, 6.07) is 8.51. The molecule has 0 aliphatic heterocycles. The molecule has 5 nitrogen and oxygen atoms in total. The first-order valence-electron chi connectivity index (χ1n) is 10.1. The molecule has 0 atom stereocenters. The molecule has 27 heavy (non-hydrogen) atoms. The second-order valence-corrected chi connectivity index (χ2v) is 7.63. The van der Waals surface area contributed by atoms with Gasteiger partial charge in [0.05, 0.1) is 25.3 Å². The van der Waals surface area contributed by atoms with Crippen LogP contribution in [0.3, 0.4) is 0 Å². The number of thiol groups is 1. The molecule has 6 heteroatoms. The van der Waals surface area contributed by atoms with Crippen LogP contribution in [0.4, 0.5) is 0 Å². The molecule has 0 heterocycles. The SMILES string of the molecule is CCCCCCCCc1ccc(CCC(CO)(CO)NC(=O)CNS)cc1. The van der Waals surface area contributed by atoms with Gasteiger partial charge in [-0.2, -0.15) is 0 Å². The fourth-order valence-electron chi connectivity index (χ4n) is 3.13. The third-order valence-electron chi connectivity index (χ3n) is 4.98. The van der Waals surface area contributed by atoms with Crippen molar-refractivity contribution in [2.45, 2.75) is 70.3 Å². The van der Waals surface area contributed by atoms with E-state index in [1.807, 2.05) is 0 Å². The molecule has 0 radical (unpaired) electrons. The summed E-state index contributed by atoms with van der Waals surface area (Å²) >= 11 is 3.80. The van der Waals surface area contributed by atoms with E-state index in [-0.39, 0.29) is 25.7 Å². The molecule has 4 N–H and O–H groups in total. The summed E-state index contributed by atoms with van der Waals surface area (Å²) in [6.45, 7) is 1.65. The van der Waals surface area contributed by atoms with Gasteiger partial charge in [0.25, 0.3) is 0 Å². The molecular weight excluding hydrogens is 360 g/mol. The predicted octanol–water partition coefficient (Wildman–Crippen LogP) is 2.80. The molecule has 0 saturated carbocycles. The fraction of sp³-hybridized carbons (Fsp3) is 0.667. The van der Waals surface area contributed by atoms with Crippen LogP contribution in [0.5, 0.6) is 0 Å². The molecule has 1 rings (SSSR count). The van der Waals surface area contributed by atoms with Gasteiger partial charge in [0, 0.05) is 0 Å². The molecule has 1 amide bonds. The van der Waals surface area contributed by atoms with Crippen LogP contribution in [0, 0.1) is 0 Å². The van der Waals surface area contributed by atoms with Crippen LogP contribution in [-0.2, 0) is 17.6 Å². The van der Waals surface area contributed by atoms with Crippen LogP contribution in [0.2, 0.25) is 0 Å². The van der Waals surface area contributed by atoms with Crippen molar-refractivity contribution in [3.8, 4) is 0 Å². The Bertz CT molecular complexity index is 519. The first kappa shape index (κ1) is 24.0. The summed E-state index contributed by atoms with van der Waals surface area (Å²) in [7, 11) is 0. The standard InChI is InChI=1S/C21H36N2O3S/c1-2-3-4-5-6-7-8-18-9-11-19(12-10-18)13-14-21(16-24,17-25)23-20(26)15-22-27/h9-12,22,24-25,27H,2-8,13-17H2,1H3,(H,23,26). The first-order chi connectivity index (χ1) is 13.1. The van der Waals surface area contributed by atoms with Crippen molar-refractivity contribution in [1.82, 2.24) is 10.0 Å². The van der Waals surface area contributed by atoms with Crippen LogP contribution in [0.1, 0.15) is 63.0 Å². The molecule has 1 aromatic carbocycles. The number of unbranched alkanes of at least 4 members (excludes halogenated alkanes) is 5. The van der Waals surface area contributed by atoms with Crippen molar-refractivity contribution in [2.24, 2.45) is 0 Å². The van der Waals surface area contributed by atoms with Gasteiger partial charge in [0.1, 0.15) is 0 Å². The summed E-state index contributed by atoms with van der Waals surface area (Å²) in [4.78, 5) is 11.8. The first-order valence-corrected chi connectivity index (χ1v) is 10.5. The van der Waals surface area contributed by atoms with Gasteiger partial charge >= 0.3 is 0 Å². The normalized spacial score (nSPS) is 11.6. The number of amides is 1. The van der Waals surface area contributed by atoms with E-state index in [4.69, 9.17) is 0 Å². The Labute approximate surface area is 169 Å². The zero-order valence-corrected chi connectivity index (χ0v) is 17.4. The molecule has 0 bridgehead atoms. The lowest BCUT2D eigenvalue weighted by molar-refractivity contribution is -0.123. The van der Waals surface area contributed by atoms with E-state index in [1.165, 1.54) is 44.1 Å². The molecule has 154 valence electrons. The van der Waals surface area contributed by atoms with Crippen molar-refractivity contribution in [2.75, 3.05) is 19.8 Å². The predicted molar refractivity (Wildman–Crippen MR) is 114 cm³/mol. The third-order valence-corrected chi connectivity index (χ3v) is 5.14. The van der Waals surface area contributed by atoms with Crippen molar-refractivity contribution in [1.29, 1.82) is 0 Å². The number of hydrogen-bond donors (Lipinski definition) is 5. The molecular formula is C21H36N2O3S. The van der Waals surface area contributed by atoms with Crippen molar-refractivity contribution >= 4 is 18.7 Å². The Kier molecular flexibility index (Phi) is 12.4. The van der Waals surface area contributed by atoms with Crippen molar-refractivity contribution in [3.63, 3.8) is 0 Å². The highest BCUT2D eigenvalue weighted by molar-refractivity contribution is 7.78. The van der Waals surface area contributed by atoms with Crippen molar-refractivity contribution < 1.29 is 15.0 Å². The van der Waals surface area contributed by atoms with E-state index in [0.717, 1.165) is 12.0 Å². The molecule has 0 aliphatic rings. The fourth-order valence-corrected chi connectivity index (χ4v) is 3.27. The average Bonchev–Trinajstić information content (AvgIpc) is 2.69. The van der Waals surface area contributed by atoms with Crippen LogP contribution < -0.4 is 10.0 Å². The summed E-state index contributed by atoms with van der Waals surface area (Å²) in [5.41, 5.74) is 1.46. The number of aliphatic hydroxyl groups excluding tert-OH is 2. The highest BCUT2D eigenvalue weighted by atomic mass is 32.1. The Morgan fingerprint density at radius 2 is 1.52 bits per heavy atom. The molecule has 0 unspecified atom stereocenters. The minimum absolute atomic E-state index is 0.0258. The van der Waals surface area contributed by atoms with E-state index in [2.05, 4.69) is 54.0 Å². The Balaban J connectivity index is 2.45. The van der Waals surface area contributed by atoms with Crippen LogP contribution in [0.15, 0.2) is 24.3 Å². The number of nitrogens with one attached hydrogen (secondary N) is 2. The summed E-state index contributed by atoms with van der Waals surface area (Å²) in [6.07, 6.45) is 10.1. The summed E-state index contributed by atoms with van der Waals surface area (Å²) in [5, 5.41) is 22.1. The smallest absolute Gasteiger partial charge is 0.235 e. The van der Waals surface area contributed by atoms with Gasteiger partial charge in [-0.15, -0.1) is 0 Å². The molecule has 0 saturated heterocycles. The molecule has 0 spiro atoms. The second-order valence-electron chi connectivity index (χ2n) is 7.31. The van der Waals surface area contributed by atoms with Gasteiger partial charge in [-0.1, -0.05) is 76.1 Å². The van der Waals surface area contributed by atoms with E-state index in [0.29, 0.717) is 12.8 Å². The van der Waals surface area contributed by atoms with Crippen LogP contribution >= 0.6 is 12.8 Å². The zero-order valence-electron chi connectivity index (χ0n) is 16.5. The van der Waals surface area contributed by atoms with Gasteiger partial charge in [0.15, 0.2) is 0 Å². The summed E-state index contributed by atoms with van der Waals surface area (Å²) in [5.74, 6) is -0.303. The van der Waals surface area contributed by atoms with Gasteiger partial charge in [-0.05, 0) is 36.8 Å². The Morgan fingerprint density at radius 3 is 2.07 bits per heavy atom. The number of carbonyl (C=O) groups excluding carboxylic acids is 1. The zero-order chi connectivity index (χ0) is 20.0. The third kappa shape index (κ3) is 9.60. The lowest BCUT2D eigenvalue weighted by atomic mass is 9.92. The van der Waals surface area contributed by atoms with E-state index >= 15 is 0 Å². The number of rotatable bonds is 15. The molecule has 0 fully saturated rings. The number of aliphatic hydroxyl groups is 2. The van der Waals surface area contributed by atoms with Gasteiger partial charge in [0.2, 0.25) is 5.91 Å². The lowest BCUT2D eigenvalue weighted by Gasteiger charge is -2.31. The highest BCUT2D eigenvalue weighted by Crippen LogP contribution is 2.16. The number of aryl methyl sites for hydroxylation is 2. The topological polar surface area (TPSA) is 81.6 Å². The van der Waals surface area contributed by atoms with E-state index in [1.54, 1.807) is 0 Å². The maximum Gasteiger partial charge on any atom is 0.235 e. The Morgan fingerprint density at radius 1 is 0.963 bits per heavy atom. The number of benzene rings is 1. The Hall–Kier alpha value is -1.08. The maximum atomic E-state index is 11.8. The minimum atomic E-state index is -1.02. The maximum absolute atomic E-state index is 11.8. The molecule has 0 aliphatic carbocycles. The molecule has 0 aromatic heterocycles. The van der Waals surface area contributed by atoms with Gasteiger partial charge < -0.3 is 15.5 Å². The quantitative estimate of drug-likeness (QED) is 0.233. The van der Waals surface area contributed by atoms with Gasteiger partial charge in [-0.3, -0.25) is 9.52 Å². The number of carbonyl (C=O) groups is 1. The minimum Gasteiger partial charge on any atom is -0.394 e. The van der Waals surface area contributed by atoms with Crippen LogP contribution in [0.25, 0.3) is 0 Å². The van der Waals surface area contributed by atoms with Gasteiger partial charge in [-0.25, -0.2) is 0 Å². The largest absolute Gasteiger partial charge is 0.394 e. The highest BCUT2D eigenvalue weighted by Gasteiger charge is 2.30. The van der Waals surface area contributed by atoms with Crippen LogP contribution in [-0.4, -0.2) is 41.4 Å². The molecule has 1 aromatic rings. The summed E-state index contributed by atoms with van der Waals surface area (Å²) < 4.78 is 2.47. The monoisotopic (exact) mass is 396 g/mol. The second kappa shape index (κ2) is 14.0. The van der Waals surface area contributed by atoms with Crippen molar-refractivity contribution in [3.05, 3.63) is 35.4 Å². The number of hydrogen-bond acceptors (Lipinski definition) is 5. The van der Waals surface area contributed by atoms with E-state index in [9.17, 15) is 15.0 Å².